The summed E-state index contributed by atoms with van der Waals surface area (Å²) in [5.41, 5.74) is 0. The van der Waals surface area contributed by atoms with Gasteiger partial charge in [-0.2, -0.15) is 0 Å². The zero-order valence-corrected chi connectivity index (χ0v) is 11.8. The quantitative estimate of drug-likeness (QED) is 0.723. The van der Waals surface area contributed by atoms with E-state index in [0.717, 1.165) is 13.7 Å². The van der Waals surface area contributed by atoms with Gasteiger partial charge >= 0.3 is 0 Å². The van der Waals surface area contributed by atoms with Crippen LogP contribution in [0.4, 0.5) is 0 Å². The van der Waals surface area contributed by atoms with Gasteiger partial charge in [0, 0.05) is 4.94 Å². The molecule has 0 amide bonds. The van der Waals surface area contributed by atoms with Crippen molar-refractivity contribution < 1.29 is 0 Å². The third kappa shape index (κ3) is 3.14. The van der Waals surface area contributed by atoms with E-state index in [1.807, 2.05) is 11.8 Å². The lowest BCUT2D eigenvalue weighted by atomic mass is 9.74. The Morgan fingerprint density at radius 2 is 2.38 bits per heavy atom. The maximum atomic E-state index is 4.74. The van der Waals surface area contributed by atoms with Gasteiger partial charge in [-0.15, -0.1) is 11.8 Å². The average molecular weight is 296 g/mol. The molecule has 1 aliphatic heterocycles. The maximum absolute atomic E-state index is 4.74. The van der Waals surface area contributed by atoms with Gasteiger partial charge < -0.3 is 0 Å². The maximum Gasteiger partial charge on any atom is 0.190 e. The lowest BCUT2D eigenvalue weighted by Crippen LogP contribution is -2.13. The molecule has 0 aromatic rings. The van der Waals surface area contributed by atoms with Crippen LogP contribution in [-0.2, 0) is 0 Å². The van der Waals surface area contributed by atoms with Gasteiger partial charge in [-0.05, 0) is 17.8 Å². The number of nitrogens with zero attached hydrogens (tertiary/aromatic N) is 1. The Balaban J connectivity index is 1.80. The molecule has 2 aliphatic rings. The van der Waals surface area contributed by atoms with Crippen molar-refractivity contribution in [1.82, 2.24) is 0 Å². The van der Waals surface area contributed by atoms with E-state index >= 15 is 0 Å². The molecule has 1 aliphatic carbocycles. The molecule has 2 rings (SSSR count). The largest absolute Gasteiger partial charge is 0.285 e. The van der Waals surface area contributed by atoms with Gasteiger partial charge in [0.2, 0.25) is 0 Å². The SMILES string of the molecule is C/C=C(/Br)CCBC1=NC2C=CC=CC2S1. The summed E-state index contributed by atoms with van der Waals surface area (Å²) in [6, 6.07) is 0.398. The molecule has 0 fully saturated rings. The summed E-state index contributed by atoms with van der Waals surface area (Å²) in [6.07, 6.45) is 13.1. The van der Waals surface area contributed by atoms with Crippen LogP contribution in [0.25, 0.3) is 0 Å². The van der Waals surface area contributed by atoms with Crippen LogP contribution in [-0.4, -0.2) is 23.5 Å². The van der Waals surface area contributed by atoms with Crippen LogP contribution < -0.4 is 0 Å². The van der Waals surface area contributed by atoms with Gasteiger partial charge in [-0.3, -0.25) is 4.99 Å². The Labute approximate surface area is 111 Å². The summed E-state index contributed by atoms with van der Waals surface area (Å²) in [4.78, 5) is 6.06. The van der Waals surface area contributed by atoms with Crippen LogP contribution in [0.3, 0.4) is 0 Å². The van der Waals surface area contributed by atoms with Gasteiger partial charge in [-0.25, -0.2) is 0 Å². The van der Waals surface area contributed by atoms with Crippen molar-refractivity contribution in [3.63, 3.8) is 0 Å². The minimum atomic E-state index is 0.398. The molecule has 0 aromatic carbocycles. The first-order valence-electron chi connectivity index (χ1n) is 5.68. The zero-order valence-electron chi connectivity index (χ0n) is 9.40. The summed E-state index contributed by atoms with van der Waals surface area (Å²) in [7, 11) is 1.11. The van der Waals surface area contributed by atoms with Crippen molar-refractivity contribution in [3.8, 4) is 0 Å². The van der Waals surface area contributed by atoms with Crippen LogP contribution in [0.15, 0.2) is 39.9 Å². The third-order valence-corrected chi connectivity index (χ3v) is 4.89. The highest BCUT2D eigenvalue weighted by Crippen LogP contribution is 2.31. The highest BCUT2D eigenvalue weighted by molar-refractivity contribution is 9.11. The molecular formula is C12H15BBrNS. The number of hydrogen-bond donors (Lipinski definition) is 0. The van der Waals surface area contributed by atoms with E-state index in [1.54, 1.807) is 0 Å². The molecule has 16 heavy (non-hydrogen) atoms. The highest BCUT2D eigenvalue weighted by atomic mass is 79.9. The summed E-state index contributed by atoms with van der Waals surface area (Å²) >= 11 is 5.47. The molecular weight excluding hydrogens is 281 g/mol. The van der Waals surface area contributed by atoms with Gasteiger partial charge in [0.15, 0.2) is 7.28 Å². The molecule has 1 heterocycles. The van der Waals surface area contributed by atoms with Crippen molar-refractivity contribution in [3.05, 3.63) is 34.9 Å². The predicted molar refractivity (Wildman–Crippen MR) is 80.1 cm³/mol. The minimum absolute atomic E-state index is 0.398. The standard InChI is InChI=1S/C12H15BBrNS/c1-2-9(14)7-8-13-12-15-10-5-3-4-6-11(10)16-12/h2-6,10-11,13H,7-8H2,1H3/b9-2+. The summed E-state index contributed by atoms with van der Waals surface area (Å²) in [6.45, 7) is 2.07. The molecule has 1 nitrogen and oxygen atoms in total. The lowest BCUT2D eigenvalue weighted by molar-refractivity contribution is 0.863. The van der Waals surface area contributed by atoms with Crippen LogP contribution in [0.2, 0.25) is 6.32 Å². The molecule has 2 atom stereocenters. The molecule has 2 unspecified atom stereocenters. The Bertz CT molecular complexity index is 373. The fraction of sp³-hybridized carbons (Fsp3) is 0.417. The number of fused-ring (bicyclic) bond motifs is 1. The predicted octanol–water partition coefficient (Wildman–Crippen LogP) is 3.50. The van der Waals surface area contributed by atoms with Crippen molar-refractivity contribution in [1.29, 1.82) is 0 Å². The first kappa shape index (κ1) is 12.2. The normalized spacial score (nSPS) is 27.9. The van der Waals surface area contributed by atoms with Crippen LogP contribution in [0.5, 0.6) is 0 Å². The van der Waals surface area contributed by atoms with Gasteiger partial charge in [0.25, 0.3) is 0 Å². The summed E-state index contributed by atoms with van der Waals surface area (Å²) in [5, 5.41) is 0.560. The van der Waals surface area contributed by atoms with Crippen molar-refractivity contribution in [2.24, 2.45) is 4.99 Å². The number of thioether (sulfide) groups is 1. The Kier molecular flexibility index (Phi) is 4.53. The molecule has 4 heteroatoms. The van der Waals surface area contributed by atoms with Gasteiger partial charge in [0.05, 0.1) is 11.3 Å². The van der Waals surface area contributed by atoms with Crippen molar-refractivity contribution in [2.75, 3.05) is 0 Å². The van der Waals surface area contributed by atoms with Crippen molar-refractivity contribution >= 4 is 39.9 Å². The fourth-order valence-corrected chi connectivity index (χ4v) is 3.33. The van der Waals surface area contributed by atoms with E-state index in [2.05, 4.69) is 53.2 Å². The van der Waals surface area contributed by atoms with E-state index < -0.39 is 0 Å². The van der Waals surface area contributed by atoms with Gasteiger partial charge in [0.1, 0.15) is 0 Å². The summed E-state index contributed by atoms with van der Waals surface area (Å²) < 4.78 is 1.30. The van der Waals surface area contributed by atoms with E-state index in [1.165, 1.54) is 15.7 Å². The number of rotatable bonds is 4. The average Bonchev–Trinajstić information content (AvgIpc) is 2.71. The van der Waals surface area contributed by atoms with Gasteiger partial charge in [-0.1, -0.05) is 52.6 Å². The monoisotopic (exact) mass is 295 g/mol. The Morgan fingerprint density at radius 1 is 1.56 bits per heavy atom. The zero-order chi connectivity index (χ0) is 11.4. The molecule has 0 N–H and O–H groups in total. The molecule has 84 valence electrons. The van der Waals surface area contributed by atoms with Crippen LogP contribution in [0, 0.1) is 0 Å². The smallest absolute Gasteiger partial charge is 0.190 e. The fourth-order valence-electron chi connectivity index (χ4n) is 1.83. The minimum Gasteiger partial charge on any atom is -0.285 e. The van der Waals surface area contributed by atoms with Crippen molar-refractivity contribution in [2.45, 2.75) is 31.0 Å². The molecule has 0 spiro atoms. The van der Waals surface area contributed by atoms with Crippen LogP contribution in [0.1, 0.15) is 13.3 Å². The van der Waals surface area contributed by atoms with E-state index in [9.17, 15) is 0 Å². The second kappa shape index (κ2) is 5.92. The number of aliphatic imine (C=N–C) groups is 1. The Morgan fingerprint density at radius 3 is 3.12 bits per heavy atom. The first-order chi connectivity index (χ1) is 7.79. The molecule has 0 saturated carbocycles. The highest BCUT2D eigenvalue weighted by Gasteiger charge is 2.26. The van der Waals surface area contributed by atoms with E-state index in [4.69, 9.17) is 4.99 Å². The van der Waals surface area contributed by atoms with E-state index in [0.29, 0.717) is 11.3 Å². The number of allylic oxidation sites excluding steroid dienone is 4. The molecule has 0 aromatic heterocycles. The number of halogens is 1. The summed E-state index contributed by atoms with van der Waals surface area (Å²) in [5.74, 6) is 0. The topological polar surface area (TPSA) is 12.4 Å². The molecule has 0 radical (unpaired) electrons. The third-order valence-electron chi connectivity index (χ3n) is 2.74. The molecule has 0 saturated heterocycles. The second-order valence-corrected chi connectivity index (χ2v) is 6.22. The number of hydrogen-bond acceptors (Lipinski definition) is 2. The Hall–Kier alpha value is -0.215. The lowest BCUT2D eigenvalue weighted by Gasteiger charge is -2.11. The van der Waals surface area contributed by atoms with Crippen LogP contribution >= 0.6 is 27.7 Å². The van der Waals surface area contributed by atoms with E-state index in [-0.39, 0.29) is 0 Å². The first-order valence-corrected chi connectivity index (χ1v) is 7.36. The second-order valence-electron chi connectivity index (χ2n) is 3.95. The molecule has 0 bridgehead atoms.